The predicted octanol–water partition coefficient (Wildman–Crippen LogP) is 7.07. The molecule has 0 bridgehead atoms. The maximum absolute atomic E-state index is 6.88. The first-order valence-electron chi connectivity index (χ1n) is 10.9. The average molecular weight is 398 g/mol. The van der Waals surface area contributed by atoms with Crippen LogP contribution in [0.25, 0.3) is 0 Å². The van der Waals surface area contributed by atoms with Gasteiger partial charge in [0, 0.05) is 11.5 Å². The summed E-state index contributed by atoms with van der Waals surface area (Å²) in [6, 6.07) is 26.1. The molecule has 2 heteroatoms. The minimum absolute atomic E-state index is 0.0549. The molecule has 30 heavy (non-hydrogen) atoms. The Bertz CT molecular complexity index is 1030. The second-order valence-electron chi connectivity index (χ2n) is 8.60. The summed E-state index contributed by atoms with van der Waals surface area (Å²) in [5.74, 6) is 0.153. The maximum Gasteiger partial charge on any atom is 0.185 e. The Labute approximate surface area is 180 Å². The first kappa shape index (κ1) is 20.6. The molecule has 1 heterocycles. The van der Waals surface area contributed by atoms with Gasteiger partial charge in [0.25, 0.3) is 0 Å². The molecule has 0 saturated heterocycles. The molecular formula is C28H31NO. The van der Waals surface area contributed by atoms with Crippen LogP contribution >= 0.6 is 0 Å². The molecule has 3 aromatic rings. The fourth-order valence-electron chi connectivity index (χ4n) is 4.26. The molecule has 0 radical (unpaired) electrons. The van der Waals surface area contributed by atoms with Crippen LogP contribution in [0.15, 0.2) is 77.8 Å². The van der Waals surface area contributed by atoms with E-state index in [1.54, 1.807) is 0 Å². The quantitative estimate of drug-likeness (QED) is 0.461. The summed E-state index contributed by atoms with van der Waals surface area (Å²) in [7, 11) is 0. The Morgan fingerprint density at radius 1 is 0.767 bits per heavy atom. The van der Waals surface area contributed by atoms with Crippen molar-refractivity contribution in [3.63, 3.8) is 0 Å². The molecule has 154 valence electrons. The minimum atomic E-state index is -0.685. The fraction of sp³-hybridized carbons (Fsp3) is 0.321. The van der Waals surface area contributed by atoms with Gasteiger partial charge in [0.05, 0.1) is 11.8 Å². The summed E-state index contributed by atoms with van der Waals surface area (Å²) in [6.45, 7) is 10.8. The van der Waals surface area contributed by atoms with Crippen LogP contribution in [-0.4, -0.2) is 5.71 Å². The van der Waals surface area contributed by atoms with Gasteiger partial charge < -0.3 is 4.74 Å². The van der Waals surface area contributed by atoms with Gasteiger partial charge in [-0.2, -0.15) is 0 Å². The van der Waals surface area contributed by atoms with Gasteiger partial charge in [0.15, 0.2) is 5.72 Å². The van der Waals surface area contributed by atoms with Crippen LogP contribution in [0.3, 0.4) is 0 Å². The van der Waals surface area contributed by atoms with Crippen LogP contribution in [0, 0.1) is 26.7 Å². The third-order valence-electron chi connectivity index (χ3n) is 6.24. The monoisotopic (exact) mass is 397 g/mol. The standard InChI is InChI=1S/C28H31NO/c1-6-28(25-17-11-21(4)12-18-25)29-26(23-13-7-19(2)8-14-23)22(5)27(30-28)24-15-9-20(3)10-16-24/h7-18,22,27H,6H2,1-5H3/t22-,27+,28-/m1/s1. The van der Waals surface area contributed by atoms with E-state index in [1.807, 2.05) is 0 Å². The van der Waals surface area contributed by atoms with Gasteiger partial charge in [-0.3, -0.25) is 4.99 Å². The van der Waals surface area contributed by atoms with Crippen LogP contribution in [0.5, 0.6) is 0 Å². The topological polar surface area (TPSA) is 21.6 Å². The molecule has 0 N–H and O–H groups in total. The Morgan fingerprint density at radius 3 is 1.80 bits per heavy atom. The molecule has 0 saturated carbocycles. The summed E-state index contributed by atoms with van der Waals surface area (Å²) < 4.78 is 6.88. The first-order valence-corrected chi connectivity index (χ1v) is 10.9. The minimum Gasteiger partial charge on any atom is -0.341 e. The Hall–Kier alpha value is -2.71. The Kier molecular flexibility index (Phi) is 5.62. The van der Waals surface area contributed by atoms with Gasteiger partial charge in [0.2, 0.25) is 0 Å². The van der Waals surface area contributed by atoms with E-state index in [0.717, 1.165) is 17.7 Å². The fourth-order valence-corrected chi connectivity index (χ4v) is 4.26. The van der Waals surface area contributed by atoms with Gasteiger partial charge in [0.1, 0.15) is 0 Å². The van der Waals surface area contributed by atoms with E-state index in [2.05, 4.69) is 107 Å². The summed E-state index contributed by atoms with van der Waals surface area (Å²) in [6.07, 6.45) is 0.723. The number of aryl methyl sites for hydroxylation is 3. The molecule has 0 aromatic heterocycles. The van der Waals surface area contributed by atoms with Gasteiger partial charge in [-0.15, -0.1) is 0 Å². The molecule has 2 nitrogen and oxygen atoms in total. The van der Waals surface area contributed by atoms with Crippen LogP contribution in [0.4, 0.5) is 0 Å². The van der Waals surface area contributed by atoms with Crippen molar-refractivity contribution in [1.29, 1.82) is 0 Å². The van der Waals surface area contributed by atoms with Crippen molar-refractivity contribution in [2.75, 3.05) is 0 Å². The smallest absolute Gasteiger partial charge is 0.185 e. The molecule has 1 aliphatic heterocycles. The number of hydrogen-bond donors (Lipinski definition) is 0. The molecule has 0 unspecified atom stereocenters. The molecule has 1 aliphatic rings. The first-order chi connectivity index (χ1) is 14.4. The van der Waals surface area contributed by atoms with E-state index in [1.165, 1.54) is 27.8 Å². The zero-order valence-corrected chi connectivity index (χ0v) is 18.6. The summed E-state index contributed by atoms with van der Waals surface area (Å²) >= 11 is 0. The SMILES string of the molecule is CC[C@@]1(c2ccc(C)cc2)N=C(c2ccc(C)cc2)[C@@H](C)[C@@H](c2ccc(C)cc2)O1. The highest BCUT2D eigenvalue weighted by Gasteiger charge is 2.42. The summed E-state index contributed by atoms with van der Waals surface area (Å²) in [4.78, 5) is 5.30. The highest BCUT2D eigenvalue weighted by Crippen LogP contribution is 2.45. The van der Waals surface area contributed by atoms with Gasteiger partial charge in [-0.05, 0) is 38.3 Å². The van der Waals surface area contributed by atoms with E-state index in [9.17, 15) is 0 Å². The van der Waals surface area contributed by atoms with Crippen molar-refractivity contribution in [2.45, 2.75) is 52.9 Å². The van der Waals surface area contributed by atoms with Crippen molar-refractivity contribution in [3.8, 4) is 0 Å². The predicted molar refractivity (Wildman–Crippen MR) is 125 cm³/mol. The van der Waals surface area contributed by atoms with Crippen molar-refractivity contribution >= 4 is 5.71 Å². The van der Waals surface area contributed by atoms with Crippen molar-refractivity contribution < 1.29 is 4.74 Å². The van der Waals surface area contributed by atoms with E-state index >= 15 is 0 Å². The largest absolute Gasteiger partial charge is 0.341 e. The van der Waals surface area contributed by atoms with Crippen LogP contribution < -0.4 is 0 Å². The second-order valence-corrected chi connectivity index (χ2v) is 8.60. The molecule has 3 atom stereocenters. The van der Waals surface area contributed by atoms with Crippen molar-refractivity contribution in [1.82, 2.24) is 0 Å². The van der Waals surface area contributed by atoms with Crippen LogP contribution in [0.1, 0.15) is 59.8 Å². The molecule has 4 rings (SSSR count). The zero-order chi connectivity index (χ0) is 21.3. The summed E-state index contributed by atoms with van der Waals surface area (Å²) in [5, 5.41) is 0. The molecule has 0 spiro atoms. The van der Waals surface area contributed by atoms with Crippen LogP contribution in [0.2, 0.25) is 0 Å². The third-order valence-corrected chi connectivity index (χ3v) is 6.24. The van der Waals surface area contributed by atoms with E-state index < -0.39 is 5.72 Å². The zero-order valence-electron chi connectivity index (χ0n) is 18.6. The molecule has 0 amide bonds. The number of aliphatic imine (C=N–C) groups is 1. The molecule has 0 fully saturated rings. The Morgan fingerprint density at radius 2 is 1.27 bits per heavy atom. The van der Waals surface area contributed by atoms with Gasteiger partial charge in [-0.25, -0.2) is 0 Å². The second kappa shape index (κ2) is 8.20. The van der Waals surface area contributed by atoms with E-state index in [4.69, 9.17) is 9.73 Å². The normalized spacial score (nSPS) is 23.8. The number of ether oxygens (including phenoxy) is 1. The number of nitrogens with zero attached hydrogens (tertiary/aromatic N) is 1. The third kappa shape index (κ3) is 3.85. The molecule has 3 aromatic carbocycles. The molecular weight excluding hydrogens is 366 g/mol. The van der Waals surface area contributed by atoms with Crippen LogP contribution in [-0.2, 0) is 10.5 Å². The summed E-state index contributed by atoms with van der Waals surface area (Å²) in [5.41, 5.74) is 7.70. The maximum atomic E-state index is 6.88. The van der Waals surface area contributed by atoms with Crippen molar-refractivity contribution in [3.05, 3.63) is 106 Å². The number of benzene rings is 3. The lowest BCUT2D eigenvalue weighted by Gasteiger charge is -2.42. The van der Waals surface area contributed by atoms with E-state index in [-0.39, 0.29) is 12.0 Å². The van der Waals surface area contributed by atoms with Crippen molar-refractivity contribution in [2.24, 2.45) is 10.9 Å². The van der Waals surface area contributed by atoms with E-state index in [0.29, 0.717) is 0 Å². The lowest BCUT2D eigenvalue weighted by Crippen LogP contribution is -2.40. The molecule has 0 aliphatic carbocycles. The lowest BCUT2D eigenvalue weighted by molar-refractivity contribution is -0.120. The average Bonchev–Trinajstić information content (AvgIpc) is 2.76. The lowest BCUT2D eigenvalue weighted by atomic mass is 9.85. The van der Waals surface area contributed by atoms with Gasteiger partial charge in [-0.1, -0.05) is 103 Å². The van der Waals surface area contributed by atoms with Gasteiger partial charge >= 0.3 is 0 Å². The Balaban J connectivity index is 1.88. The highest BCUT2D eigenvalue weighted by atomic mass is 16.5. The number of hydrogen-bond acceptors (Lipinski definition) is 2. The number of rotatable bonds is 4. The highest BCUT2D eigenvalue weighted by molar-refractivity contribution is 6.03.